The third-order valence-corrected chi connectivity index (χ3v) is 3.77. The van der Waals surface area contributed by atoms with Gasteiger partial charge in [0, 0.05) is 7.11 Å². The van der Waals surface area contributed by atoms with Gasteiger partial charge in [0.25, 0.3) is 0 Å². The zero-order valence-electron chi connectivity index (χ0n) is 10.1. The Kier molecular flexibility index (Phi) is 3.46. The molecule has 2 aromatic rings. The van der Waals surface area contributed by atoms with E-state index in [1.807, 2.05) is 35.9 Å². The number of thiophene rings is 1. The Morgan fingerprint density at radius 1 is 1.59 bits per heavy atom. The molecule has 0 fully saturated rings. The van der Waals surface area contributed by atoms with Crippen molar-refractivity contribution in [3.05, 3.63) is 22.3 Å². The maximum Gasteiger partial charge on any atom is 0.195 e. The summed E-state index contributed by atoms with van der Waals surface area (Å²) in [6.07, 6.45) is 0. The van der Waals surface area contributed by atoms with Gasteiger partial charge in [-0.1, -0.05) is 6.07 Å². The van der Waals surface area contributed by atoms with Crippen LogP contribution in [-0.2, 0) is 11.3 Å². The lowest BCUT2D eigenvalue weighted by atomic mass is 10.1. The van der Waals surface area contributed by atoms with Crippen molar-refractivity contribution in [3.8, 4) is 10.7 Å². The normalized spacial score (nSPS) is 11.9. The molecule has 0 bridgehead atoms. The third-order valence-electron chi connectivity index (χ3n) is 2.59. The van der Waals surface area contributed by atoms with E-state index in [4.69, 9.17) is 17.0 Å². The van der Waals surface area contributed by atoms with Gasteiger partial charge < -0.3 is 4.74 Å². The molecule has 2 rings (SSSR count). The summed E-state index contributed by atoms with van der Waals surface area (Å²) in [6, 6.07) is 4.04. The third kappa shape index (κ3) is 2.65. The van der Waals surface area contributed by atoms with Gasteiger partial charge in [0.2, 0.25) is 0 Å². The average Bonchev–Trinajstić information content (AvgIpc) is 2.90. The molecule has 0 unspecified atom stereocenters. The van der Waals surface area contributed by atoms with E-state index in [0.717, 1.165) is 10.7 Å². The number of rotatable bonds is 4. The van der Waals surface area contributed by atoms with Crippen molar-refractivity contribution in [1.82, 2.24) is 14.8 Å². The fourth-order valence-corrected chi connectivity index (χ4v) is 2.42. The van der Waals surface area contributed by atoms with Gasteiger partial charge in [0.1, 0.15) is 0 Å². The minimum absolute atomic E-state index is 0.270. The lowest BCUT2D eigenvalue weighted by Crippen LogP contribution is -2.29. The molecule has 0 aliphatic heterocycles. The first-order valence-corrected chi connectivity index (χ1v) is 6.56. The van der Waals surface area contributed by atoms with E-state index >= 15 is 0 Å². The van der Waals surface area contributed by atoms with E-state index in [-0.39, 0.29) is 5.60 Å². The molecule has 4 nitrogen and oxygen atoms in total. The van der Waals surface area contributed by atoms with Gasteiger partial charge in [0.15, 0.2) is 10.6 Å². The number of nitrogens with zero attached hydrogens (tertiary/aromatic N) is 2. The number of hydrogen-bond donors (Lipinski definition) is 1. The van der Waals surface area contributed by atoms with Crippen molar-refractivity contribution in [2.24, 2.45) is 0 Å². The molecule has 17 heavy (non-hydrogen) atoms. The number of ether oxygens (including phenoxy) is 1. The molecule has 0 saturated heterocycles. The first kappa shape index (κ1) is 12.5. The molecule has 0 amide bonds. The number of aromatic amines is 1. The number of H-pyrrole nitrogens is 1. The van der Waals surface area contributed by atoms with Gasteiger partial charge in [0.05, 0.1) is 17.0 Å². The van der Waals surface area contributed by atoms with E-state index in [1.54, 1.807) is 18.4 Å². The summed E-state index contributed by atoms with van der Waals surface area (Å²) in [6.45, 7) is 4.73. The quantitative estimate of drug-likeness (QED) is 0.867. The fraction of sp³-hybridized carbons (Fsp3) is 0.455. The molecule has 2 aromatic heterocycles. The summed E-state index contributed by atoms with van der Waals surface area (Å²) in [5, 5.41) is 9.14. The number of aromatic nitrogens is 3. The molecule has 92 valence electrons. The van der Waals surface area contributed by atoms with E-state index in [9.17, 15) is 0 Å². The Bertz CT molecular complexity index is 539. The van der Waals surface area contributed by atoms with Crippen LogP contribution < -0.4 is 0 Å². The summed E-state index contributed by atoms with van der Waals surface area (Å²) >= 11 is 6.90. The van der Waals surface area contributed by atoms with Crippen molar-refractivity contribution in [2.45, 2.75) is 26.0 Å². The zero-order chi connectivity index (χ0) is 12.5. The summed E-state index contributed by atoms with van der Waals surface area (Å²) in [4.78, 5) is 1.10. The second-order valence-electron chi connectivity index (χ2n) is 4.38. The average molecular weight is 269 g/mol. The minimum Gasteiger partial charge on any atom is -0.377 e. The second kappa shape index (κ2) is 4.72. The maximum absolute atomic E-state index is 5.43. The molecule has 0 radical (unpaired) electrons. The Morgan fingerprint density at radius 2 is 2.35 bits per heavy atom. The van der Waals surface area contributed by atoms with E-state index in [1.165, 1.54) is 0 Å². The lowest BCUT2D eigenvalue weighted by Gasteiger charge is -2.23. The van der Waals surface area contributed by atoms with Crippen molar-refractivity contribution in [1.29, 1.82) is 0 Å². The van der Waals surface area contributed by atoms with Crippen LogP contribution in [-0.4, -0.2) is 27.5 Å². The molecule has 0 spiro atoms. The number of methoxy groups -OCH3 is 1. The summed E-state index contributed by atoms with van der Waals surface area (Å²) in [5.41, 5.74) is -0.270. The van der Waals surface area contributed by atoms with Gasteiger partial charge in [-0.3, -0.25) is 9.67 Å². The van der Waals surface area contributed by atoms with Crippen LogP contribution in [0.15, 0.2) is 17.5 Å². The molecule has 0 atom stereocenters. The highest BCUT2D eigenvalue weighted by Gasteiger charge is 2.20. The minimum atomic E-state index is -0.270. The monoisotopic (exact) mass is 269 g/mol. The topological polar surface area (TPSA) is 42.8 Å². The molecule has 0 aliphatic rings. The number of nitrogens with one attached hydrogen (secondary N) is 1. The zero-order valence-corrected chi connectivity index (χ0v) is 11.7. The molecular weight excluding hydrogens is 254 g/mol. The standard InChI is InChI=1S/C11H15N3OS2/c1-11(2,15-3)7-14-9(12-13-10(14)16)8-5-4-6-17-8/h4-6H,7H2,1-3H3,(H,13,16). The molecule has 0 aliphatic carbocycles. The van der Waals surface area contributed by atoms with Crippen LogP contribution in [0.1, 0.15) is 13.8 Å². The first-order chi connectivity index (χ1) is 8.03. The highest BCUT2D eigenvalue weighted by molar-refractivity contribution is 7.71. The molecule has 0 saturated carbocycles. The van der Waals surface area contributed by atoms with Gasteiger partial charge in [-0.05, 0) is 37.5 Å². The smallest absolute Gasteiger partial charge is 0.195 e. The molecular formula is C11H15N3OS2. The van der Waals surface area contributed by atoms with E-state index < -0.39 is 0 Å². The van der Waals surface area contributed by atoms with Crippen molar-refractivity contribution in [3.63, 3.8) is 0 Å². The van der Waals surface area contributed by atoms with Gasteiger partial charge in [-0.2, -0.15) is 5.10 Å². The molecule has 1 N–H and O–H groups in total. The van der Waals surface area contributed by atoms with Crippen molar-refractivity contribution < 1.29 is 4.74 Å². The lowest BCUT2D eigenvalue weighted by molar-refractivity contribution is 0.00815. The summed E-state index contributed by atoms with van der Waals surface area (Å²) in [7, 11) is 1.70. The van der Waals surface area contributed by atoms with Crippen LogP contribution in [0.3, 0.4) is 0 Å². The highest BCUT2D eigenvalue weighted by Crippen LogP contribution is 2.24. The Morgan fingerprint density at radius 3 is 2.94 bits per heavy atom. The predicted molar refractivity (Wildman–Crippen MR) is 71.8 cm³/mol. The van der Waals surface area contributed by atoms with Crippen LogP contribution in [0.25, 0.3) is 10.7 Å². The summed E-state index contributed by atoms with van der Waals surface area (Å²) in [5.74, 6) is 0.870. The second-order valence-corrected chi connectivity index (χ2v) is 5.71. The van der Waals surface area contributed by atoms with Crippen LogP contribution in [0, 0.1) is 4.77 Å². The van der Waals surface area contributed by atoms with Crippen LogP contribution >= 0.6 is 23.6 Å². The molecule has 6 heteroatoms. The van der Waals surface area contributed by atoms with Crippen LogP contribution in [0.4, 0.5) is 0 Å². The van der Waals surface area contributed by atoms with E-state index in [2.05, 4.69) is 10.2 Å². The van der Waals surface area contributed by atoms with Crippen molar-refractivity contribution >= 4 is 23.6 Å². The first-order valence-electron chi connectivity index (χ1n) is 5.28. The Hall–Kier alpha value is -0.980. The molecule has 0 aromatic carbocycles. The van der Waals surface area contributed by atoms with Crippen molar-refractivity contribution in [2.75, 3.05) is 7.11 Å². The van der Waals surface area contributed by atoms with Crippen LogP contribution in [0.5, 0.6) is 0 Å². The Balaban J connectivity index is 2.41. The molecule has 2 heterocycles. The number of hydrogen-bond acceptors (Lipinski definition) is 4. The summed E-state index contributed by atoms with van der Waals surface area (Å²) < 4.78 is 8.03. The van der Waals surface area contributed by atoms with Gasteiger partial charge >= 0.3 is 0 Å². The van der Waals surface area contributed by atoms with E-state index in [0.29, 0.717) is 11.3 Å². The SMILES string of the molecule is COC(C)(C)Cn1c(-c2cccs2)n[nH]c1=S. The largest absolute Gasteiger partial charge is 0.377 e. The highest BCUT2D eigenvalue weighted by atomic mass is 32.1. The van der Waals surface area contributed by atoms with Crippen LogP contribution in [0.2, 0.25) is 0 Å². The van der Waals surface area contributed by atoms with Gasteiger partial charge in [-0.15, -0.1) is 11.3 Å². The Labute approximate surface area is 109 Å². The maximum atomic E-state index is 5.43. The fourth-order valence-electron chi connectivity index (χ4n) is 1.50. The van der Waals surface area contributed by atoms with Gasteiger partial charge in [-0.25, -0.2) is 0 Å². The predicted octanol–water partition coefficient (Wildman–Crippen LogP) is 3.09.